The van der Waals surface area contributed by atoms with Crippen molar-refractivity contribution in [3.63, 3.8) is 0 Å². The first kappa shape index (κ1) is 12.8. The molecule has 2 heterocycles. The summed E-state index contributed by atoms with van der Waals surface area (Å²) in [5, 5.41) is 11.4. The highest BCUT2D eigenvalue weighted by molar-refractivity contribution is 7.80. The molecule has 0 aromatic carbocycles. The average Bonchev–Trinajstić information content (AvgIpc) is 2.83. The molecule has 0 radical (unpaired) electrons. The van der Waals surface area contributed by atoms with Gasteiger partial charge in [0.2, 0.25) is 0 Å². The maximum atomic E-state index is 5.75. The van der Waals surface area contributed by atoms with E-state index in [0.717, 1.165) is 21.7 Å². The lowest BCUT2D eigenvalue weighted by Crippen LogP contribution is -2.17. The van der Waals surface area contributed by atoms with Crippen LogP contribution in [0.4, 0.5) is 5.82 Å². The Morgan fingerprint density at radius 1 is 1.44 bits per heavy atom. The molecule has 2 aromatic heterocycles. The summed E-state index contributed by atoms with van der Waals surface area (Å²) in [6, 6.07) is 0. The molecule has 7 heteroatoms. The molecule has 0 aliphatic heterocycles. The second-order valence-corrected chi connectivity index (χ2v) is 5.23. The molecule has 0 unspecified atom stereocenters. The number of anilines is 1. The van der Waals surface area contributed by atoms with Crippen molar-refractivity contribution in [2.24, 2.45) is 5.73 Å². The lowest BCUT2D eigenvalue weighted by molar-refractivity contribution is 0.945. The molecule has 5 nitrogen and oxygen atoms in total. The molecule has 2 rings (SSSR count). The molecule has 0 saturated heterocycles. The quantitative estimate of drug-likeness (QED) is 0.831. The maximum Gasteiger partial charge on any atom is 0.159 e. The number of thiocarbonyl (C=S) groups is 1. The normalized spacial score (nSPS) is 10.3. The van der Waals surface area contributed by atoms with Gasteiger partial charge in [0.15, 0.2) is 5.82 Å². The third-order valence-corrected chi connectivity index (χ3v) is 3.60. The smallest absolute Gasteiger partial charge is 0.159 e. The van der Waals surface area contributed by atoms with Crippen LogP contribution in [0.2, 0.25) is 0 Å². The van der Waals surface area contributed by atoms with Gasteiger partial charge in [-0.2, -0.15) is 5.10 Å². The van der Waals surface area contributed by atoms with Crippen LogP contribution in [-0.2, 0) is 6.54 Å². The fourth-order valence-corrected chi connectivity index (χ4v) is 2.32. The first-order valence-electron chi connectivity index (χ1n) is 5.34. The number of nitrogens with zero attached hydrogens (tertiary/aromatic N) is 3. The van der Waals surface area contributed by atoms with Crippen molar-refractivity contribution in [1.29, 1.82) is 0 Å². The van der Waals surface area contributed by atoms with E-state index in [9.17, 15) is 0 Å². The summed E-state index contributed by atoms with van der Waals surface area (Å²) < 4.78 is 0. The summed E-state index contributed by atoms with van der Waals surface area (Å²) in [5.74, 6) is 0.624. The minimum atomic E-state index is 0.331. The van der Waals surface area contributed by atoms with Crippen LogP contribution >= 0.6 is 23.6 Å². The molecule has 0 fully saturated rings. The van der Waals surface area contributed by atoms with Gasteiger partial charge in [-0.3, -0.25) is 4.98 Å². The van der Waals surface area contributed by atoms with Crippen molar-refractivity contribution >= 4 is 34.4 Å². The molecule has 0 saturated carbocycles. The third-order valence-electron chi connectivity index (χ3n) is 2.61. The van der Waals surface area contributed by atoms with Gasteiger partial charge in [0, 0.05) is 11.1 Å². The number of rotatable bonds is 4. The van der Waals surface area contributed by atoms with Crippen LogP contribution < -0.4 is 11.1 Å². The van der Waals surface area contributed by atoms with Crippen molar-refractivity contribution in [3.8, 4) is 0 Å². The first-order chi connectivity index (χ1) is 8.59. The fourth-order valence-electron chi connectivity index (χ4n) is 1.53. The molecule has 0 bridgehead atoms. The van der Waals surface area contributed by atoms with Crippen LogP contribution in [0.15, 0.2) is 11.7 Å². The molecule has 0 aliphatic carbocycles. The summed E-state index contributed by atoms with van der Waals surface area (Å²) in [5.41, 5.74) is 10.1. The topological polar surface area (TPSA) is 76.7 Å². The van der Waals surface area contributed by atoms with Crippen LogP contribution in [-0.4, -0.2) is 20.2 Å². The van der Waals surface area contributed by atoms with E-state index in [2.05, 4.69) is 20.5 Å². The summed E-state index contributed by atoms with van der Waals surface area (Å²) in [4.78, 5) is 5.46. The summed E-state index contributed by atoms with van der Waals surface area (Å²) >= 11 is 6.65. The Kier molecular flexibility index (Phi) is 3.83. The number of nitrogens with two attached hydrogens (primary N) is 1. The minimum absolute atomic E-state index is 0.331. The van der Waals surface area contributed by atoms with Gasteiger partial charge in [0.1, 0.15) is 4.99 Å². The Hall–Kier alpha value is -1.60. The monoisotopic (exact) mass is 279 g/mol. The number of thiazole rings is 1. The zero-order chi connectivity index (χ0) is 13.1. The second-order valence-electron chi connectivity index (χ2n) is 3.82. The highest BCUT2D eigenvalue weighted by atomic mass is 32.1. The van der Waals surface area contributed by atoms with Crippen molar-refractivity contribution in [2.75, 3.05) is 5.32 Å². The third kappa shape index (κ3) is 2.62. The Balaban J connectivity index is 2.27. The summed E-state index contributed by atoms with van der Waals surface area (Å²) in [6.07, 6.45) is 1.81. The SMILES string of the molecule is Cc1nnc(NCc2cncs2)c(C(N)=S)c1C. The summed E-state index contributed by atoms with van der Waals surface area (Å²) in [7, 11) is 0. The second kappa shape index (κ2) is 5.36. The molecular weight excluding hydrogens is 266 g/mol. The van der Waals surface area contributed by atoms with Gasteiger partial charge in [0.05, 0.1) is 23.3 Å². The van der Waals surface area contributed by atoms with E-state index in [1.54, 1.807) is 16.8 Å². The molecule has 0 spiro atoms. The van der Waals surface area contributed by atoms with Gasteiger partial charge < -0.3 is 11.1 Å². The fraction of sp³-hybridized carbons (Fsp3) is 0.273. The summed E-state index contributed by atoms with van der Waals surface area (Å²) in [6.45, 7) is 4.46. The van der Waals surface area contributed by atoms with Crippen molar-refractivity contribution in [1.82, 2.24) is 15.2 Å². The predicted molar refractivity (Wildman–Crippen MR) is 76.8 cm³/mol. The molecular formula is C11H13N5S2. The van der Waals surface area contributed by atoms with Crippen molar-refractivity contribution < 1.29 is 0 Å². The first-order valence-corrected chi connectivity index (χ1v) is 6.63. The Bertz CT molecular complexity index is 565. The molecule has 0 atom stereocenters. The highest BCUT2D eigenvalue weighted by Crippen LogP contribution is 2.19. The zero-order valence-electron chi connectivity index (χ0n) is 10.1. The number of nitrogens with one attached hydrogen (secondary N) is 1. The van der Waals surface area contributed by atoms with Crippen molar-refractivity contribution in [3.05, 3.63) is 33.4 Å². The predicted octanol–water partition coefficient (Wildman–Crippen LogP) is 1.80. The number of aryl methyl sites for hydroxylation is 1. The Labute approximate surface area is 114 Å². The van der Waals surface area contributed by atoms with Gasteiger partial charge in [-0.05, 0) is 19.4 Å². The Morgan fingerprint density at radius 2 is 2.22 bits per heavy atom. The van der Waals surface area contributed by atoms with Crippen LogP contribution in [0.5, 0.6) is 0 Å². The minimum Gasteiger partial charge on any atom is -0.389 e. The Morgan fingerprint density at radius 3 is 2.83 bits per heavy atom. The van der Waals surface area contributed by atoms with E-state index in [1.807, 2.05) is 20.0 Å². The lowest BCUT2D eigenvalue weighted by atomic mass is 10.1. The number of hydrogen-bond acceptors (Lipinski definition) is 6. The van der Waals surface area contributed by atoms with E-state index in [1.165, 1.54) is 0 Å². The molecule has 3 N–H and O–H groups in total. The molecule has 2 aromatic rings. The van der Waals surface area contributed by atoms with Gasteiger partial charge >= 0.3 is 0 Å². The van der Waals surface area contributed by atoms with E-state index >= 15 is 0 Å². The van der Waals surface area contributed by atoms with Gasteiger partial charge in [-0.15, -0.1) is 16.4 Å². The molecule has 94 valence electrons. The number of hydrogen-bond donors (Lipinski definition) is 2. The molecule has 0 amide bonds. The number of aromatic nitrogens is 3. The van der Waals surface area contributed by atoms with Gasteiger partial charge in [0.25, 0.3) is 0 Å². The largest absolute Gasteiger partial charge is 0.389 e. The highest BCUT2D eigenvalue weighted by Gasteiger charge is 2.13. The molecule has 18 heavy (non-hydrogen) atoms. The van der Waals surface area contributed by atoms with Crippen molar-refractivity contribution in [2.45, 2.75) is 20.4 Å². The lowest BCUT2D eigenvalue weighted by Gasteiger charge is -2.12. The molecule has 0 aliphatic rings. The maximum absolute atomic E-state index is 5.75. The van der Waals surface area contributed by atoms with E-state index in [0.29, 0.717) is 17.4 Å². The van der Waals surface area contributed by atoms with Gasteiger partial charge in [-0.25, -0.2) is 0 Å². The van der Waals surface area contributed by atoms with Gasteiger partial charge in [-0.1, -0.05) is 12.2 Å². The van der Waals surface area contributed by atoms with Crippen LogP contribution in [0.3, 0.4) is 0 Å². The van der Waals surface area contributed by atoms with Crippen LogP contribution in [0, 0.1) is 13.8 Å². The zero-order valence-corrected chi connectivity index (χ0v) is 11.7. The van der Waals surface area contributed by atoms with E-state index in [-0.39, 0.29) is 0 Å². The van der Waals surface area contributed by atoms with E-state index < -0.39 is 0 Å². The van der Waals surface area contributed by atoms with Crippen LogP contribution in [0.1, 0.15) is 21.7 Å². The van der Waals surface area contributed by atoms with Crippen LogP contribution in [0.25, 0.3) is 0 Å². The van der Waals surface area contributed by atoms with E-state index in [4.69, 9.17) is 18.0 Å². The standard InChI is InChI=1S/C11H13N5S2/c1-6-7(2)15-16-11(9(6)10(12)17)14-4-8-3-13-5-18-8/h3,5H,4H2,1-2H3,(H2,12,17)(H,14,16). The average molecular weight is 279 g/mol.